The van der Waals surface area contributed by atoms with Crippen LogP contribution in [0.1, 0.15) is 11.1 Å². The Kier molecular flexibility index (Phi) is 6.81. The number of amides is 1. The second kappa shape index (κ2) is 10.5. The minimum Gasteiger partial charge on any atom is -0.342 e. The van der Waals surface area contributed by atoms with Crippen LogP contribution in [0.5, 0.6) is 0 Å². The number of amidine groups is 1. The Morgan fingerprint density at radius 2 is 1.53 bits per heavy atom. The third-order valence-corrected chi connectivity index (χ3v) is 7.95. The Labute approximate surface area is 234 Å². The first kappa shape index (κ1) is 24.6. The van der Waals surface area contributed by atoms with Crippen molar-refractivity contribution in [2.45, 2.75) is 6.54 Å². The Morgan fingerprint density at radius 1 is 0.816 bits per heavy atom. The summed E-state index contributed by atoms with van der Waals surface area (Å²) in [6.07, 6.45) is 4.04. The Morgan fingerprint density at radius 3 is 2.29 bits per heavy atom. The van der Waals surface area contributed by atoms with Gasteiger partial charge in [-0.05, 0) is 65.9 Å². The van der Waals surface area contributed by atoms with Crippen LogP contribution >= 0.6 is 35.0 Å². The van der Waals surface area contributed by atoms with Crippen LogP contribution in [0.3, 0.4) is 0 Å². The van der Waals surface area contributed by atoms with E-state index in [1.807, 2.05) is 97.1 Å². The predicted molar refractivity (Wildman–Crippen MR) is 161 cm³/mol. The summed E-state index contributed by atoms with van der Waals surface area (Å²) >= 11 is 13.8. The number of anilines is 1. The number of nitrogens with zero attached hydrogens (tertiary/aromatic N) is 3. The molecule has 0 saturated carbocycles. The van der Waals surface area contributed by atoms with E-state index in [-0.39, 0.29) is 5.91 Å². The number of carbonyl (C=O) groups is 1. The number of aromatic nitrogens is 1. The van der Waals surface area contributed by atoms with E-state index in [0.29, 0.717) is 26.7 Å². The molecule has 4 aromatic carbocycles. The van der Waals surface area contributed by atoms with Gasteiger partial charge in [0.2, 0.25) is 0 Å². The van der Waals surface area contributed by atoms with Crippen LogP contribution in [-0.4, -0.2) is 15.6 Å². The lowest BCUT2D eigenvalue weighted by Gasteiger charge is -2.15. The van der Waals surface area contributed by atoms with Crippen LogP contribution in [0.15, 0.2) is 119 Å². The average Bonchev–Trinajstić information content (AvgIpc) is 3.44. The molecule has 0 atom stereocenters. The van der Waals surface area contributed by atoms with Crippen molar-refractivity contribution < 1.29 is 4.79 Å². The number of carbonyl (C=O) groups excluding carboxylic acids is 1. The summed E-state index contributed by atoms with van der Waals surface area (Å²) in [6.45, 7) is 0.624. The number of aliphatic imine (C=N–C) groups is 1. The average molecular weight is 555 g/mol. The van der Waals surface area contributed by atoms with Gasteiger partial charge in [-0.3, -0.25) is 9.69 Å². The summed E-state index contributed by atoms with van der Waals surface area (Å²) in [7, 11) is 0. The Hall–Kier alpha value is -3.77. The van der Waals surface area contributed by atoms with E-state index in [1.165, 1.54) is 11.8 Å². The Bertz CT molecular complexity index is 1710. The summed E-state index contributed by atoms with van der Waals surface area (Å²) < 4.78 is 2.17. The van der Waals surface area contributed by atoms with Gasteiger partial charge in [-0.15, -0.1) is 0 Å². The molecular weight excluding hydrogens is 533 g/mol. The van der Waals surface area contributed by atoms with Crippen LogP contribution < -0.4 is 4.90 Å². The fourth-order valence-electron chi connectivity index (χ4n) is 4.46. The van der Waals surface area contributed by atoms with Gasteiger partial charge in [-0.1, -0.05) is 83.9 Å². The molecule has 1 aliphatic heterocycles. The zero-order valence-corrected chi connectivity index (χ0v) is 22.4. The molecule has 186 valence electrons. The minimum atomic E-state index is -0.0998. The van der Waals surface area contributed by atoms with Gasteiger partial charge in [-0.25, -0.2) is 4.99 Å². The van der Waals surface area contributed by atoms with E-state index in [0.717, 1.165) is 33.4 Å². The van der Waals surface area contributed by atoms with Gasteiger partial charge in [0, 0.05) is 29.2 Å². The van der Waals surface area contributed by atoms with E-state index in [2.05, 4.69) is 22.9 Å². The normalized spacial score (nSPS) is 15.7. The first-order valence-electron chi connectivity index (χ1n) is 12.0. The minimum absolute atomic E-state index is 0.0998. The lowest BCUT2D eigenvalue weighted by Crippen LogP contribution is -2.28. The van der Waals surface area contributed by atoms with Crippen LogP contribution in [0, 0.1) is 0 Å². The molecule has 0 aliphatic carbocycles. The highest BCUT2D eigenvalue weighted by atomic mass is 35.5. The molecule has 38 heavy (non-hydrogen) atoms. The van der Waals surface area contributed by atoms with Crippen molar-refractivity contribution in [2.75, 3.05) is 4.90 Å². The van der Waals surface area contributed by atoms with Crippen molar-refractivity contribution in [1.82, 2.24) is 4.57 Å². The number of hydrogen-bond donors (Lipinski definition) is 0. The van der Waals surface area contributed by atoms with Gasteiger partial charge >= 0.3 is 0 Å². The van der Waals surface area contributed by atoms with Crippen molar-refractivity contribution in [3.63, 3.8) is 0 Å². The van der Waals surface area contributed by atoms with Crippen molar-refractivity contribution >= 4 is 74.4 Å². The standard InChI is InChI=1S/C31H21Cl2N3OS/c32-26-16-15-21(17-27(26)33)19-35-20-22(25-13-7-8-14-28(25)35)18-29-30(37)36(24-11-5-2-6-12-24)31(38-29)34-23-9-3-1-4-10-23/h1-18,20H,19H2/b29-18-,34-31?. The third-order valence-electron chi connectivity index (χ3n) is 6.24. The van der Waals surface area contributed by atoms with Crippen molar-refractivity contribution in [2.24, 2.45) is 4.99 Å². The van der Waals surface area contributed by atoms with E-state index >= 15 is 0 Å². The summed E-state index contributed by atoms with van der Waals surface area (Å²) in [4.78, 5) is 20.8. The highest BCUT2D eigenvalue weighted by Gasteiger charge is 2.35. The molecule has 0 N–H and O–H groups in total. The smallest absolute Gasteiger partial charge is 0.271 e. The van der Waals surface area contributed by atoms with E-state index in [4.69, 9.17) is 28.2 Å². The molecule has 1 aromatic heterocycles. The highest BCUT2D eigenvalue weighted by Crippen LogP contribution is 2.38. The topological polar surface area (TPSA) is 37.6 Å². The molecule has 0 bridgehead atoms. The maximum atomic E-state index is 13.7. The van der Waals surface area contributed by atoms with Crippen molar-refractivity contribution in [1.29, 1.82) is 0 Å². The number of fused-ring (bicyclic) bond motifs is 1. The van der Waals surface area contributed by atoms with Gasteiger partial charge in [-0.2, -0.15) is 0 Å². The van der Waals surface area contributed by atoms with Gasteiger partial charge in [0.25, 0.3) is 5.91 Å². The largest absolute Gasteiger partial charge is 0.342 e. The molecule has 6 rings (SSSR count). The molecule has 0 radical (unpaired) electrons. The second-order valence-electron chi connectivity index (χ2n) is 8.79. The van der Waals surface area contributed by atoms with Crippen LogP contribution in [0.25, 0.3) is 17.0 Å². The molecule has 0 unspecified atom stereocenters. The molecule has 5 aromatic rings. The molecule has 4 nitrogen and oxygen atoms in total. The summed E-state index contributed by atoms with van der Waals surface area (Å²) in [5.41, 5.74) is 4.65. The number of para-hydroxylation sites is 3. The number of hydrogen-bond acceptors (Lipinski definition) is 3. The fourth-order valence-corrected chi connectivity index (χ4v) is 5.78. The monoisotopic (exact) mass is 553 g/mol. The first-order valence-corrected chi connectivity index (χ1v) is 13.6. The molecule has 1 aliphatic rings. The van der Waals surface area contributed by atoms with Gasteiger partial charge in [0.15, 0.2) is 5.17 Å². The van der Waals surface area contributed by atoms with E-state index < -0.39 is 0 Å². The molecule has 1 amide bonds. The first-order chi connectivity index (χ1) is 18.6. The highest BCUT2D eigenvalue weighted by molar-refractivity contribution is 8.19. The molecule has 2 heterocycles. The fraction of sp³-hybridized carbons (Fsp3) is 0.0323. The number of halogens is 2. The number of thioether (sulfide) groups is 1. The zero-order chi connectivity index (χ0) is 26.1. The van der Waals surface area contributed by atoms with Crippen LogP contribution in [0.4, 0.5) is 11.4 Å². The van der Waals surface area contributed by atoms with Gasteiger partial charge < -0.3 is 4.57 Å². The quantitative estimate of drug-likeness (QED) is 0.204. The van der Waals surface area contributed by atoms with Crippen molar-refractivity contribution in [3.05, 3.63) is 135 Å². The Balaban J connectivity index is 1.41. The van der Waals surface area contributed by atoms with Crippen molar-refractivity contribution in [3.8, 4) is 0 Å². The lowest BCUT2D eigenvalue weighted by molar-refractivity contribution is -0.113. The maximum Gasteiger partial charge on any atom is 0.271 e. The second-order valence-corrected chi connectivity index (χ2v) is 10.6. The number of benzene rings is 4. The molecule has 7 heteroatoms. The van der Waals surface area contributed by atoms with E-state index in [1.54, 1.807) is 4.90 Å². The molecular formula is C31H21Cl2N3OS. The lowest BCUT2D eigenvalue weighted by atomic mass is 10.1. The SMILES string of the molecule is O=C1/C(=C/c2cn(Cc3ccc(Cl)c(Cl)c3)c3ccccc23)SC(=Nc2ccccc2)N1c1ccccc1. The zero-order valence-electron chi connectivity index (χ0n) is 20.1. The molecule has 1 fully saturated rings. The van der Waals surface area contributed by atoms with Gasteiger partial charge in [0.05, 0.1) is 26.3 Å². The molecule has 1 saturated heterocycles. The maximum absolute atomic E-state index is 13.7. The summed E-state index contributed by atoms with van der Waals surface area (Å²) in [5.74, 6) is -0.0998. The molecule has 0 spiro atoms. The van der Waals surface area contributed by atoms with E-state index in [9.17, 15) is 4.79 Å². The summed E-state index contributed by atoms with van der Waals surface area (Å²) in [6, 6.07) is 33.2. The van der Waals surface area contributed by atoms with Gasteiger partial charge in [0.1, 0.15) is 0 Å². The summed E-state index contributed by atoms with van der Waals surface area (Å²) in [5, 5.41) is 2.75. The predicted octanol–water partition coefficient (Wildman–Crippen LogP) is 8.81. The van der Waals surface area contributed by atoms with Crippen LogP contribution in [-0.2, 0) is 11.3 Å². The third kappa shape index (κ3) is 4.88. The van der Waals surface area contributed by atoms with Crippen LogP contribution in [0.2, 0.25) is 10.0 Å². The number of rotatable bonds is 5.